The summed E-state index contributed by atoms with van der Waals surface area (Å²) >= 11 is 3.06. The van der Waals surface area contributed by atoms with Crippen molar-refractivity contribution in [3.63, 3.8) is 0 Å². The van der Waals surface area contributed by atoms with Gasteiger partial charge in [-0.3, -0.25) is 15.0 Å². The minimum absolute atomic E-state index is 0.0592. The molecule has 0 spiro atoms. The van der Waals surface area contributed by atoms with Crippen molar-refractivity contribution in [1.29, 1.82) is 0 Å². The fraction of sp³-hybridized carbons (Fsp3) is 0.438. The molecule has 1 atom stereocenters. The van der Waals surface area contributed by atoms with Gasteiger partial charge in [0.15, 0.2) is 4.34 Å². The average Bonchev–Trinajstić information content (AvgIpc) is 2.91. The first-order chi connectivity index (χ1) is 11.0. The number of likely N-dealkylation sites (N-methyl/N-ethyl adjacent to an activating group) is 1. The van der Waals surface area contributed by atoms with E-state index in [1.54, 1.807) is 11.8 Å². The molecular formula is C16H22N4OS2. The second kappa shape index (κ2) is 8.42. The van der Waals surface area contributed by atoms with Crippen LogP contribution in [0.2, 0.25) is 0 Å². The second-order valence-corrected chi connectivity index (χ2v) is 8.50. The molecule has 1 N–H and O–H groups in total. The van der Waals surface area contributed by atoms with E-state index in [-0.39, 0.29) is 11.9 Å². The maximum absolute atomic E-state index is 12.6. The molecule has 2 aromatic rings. The van der Waals surface area contributed by atoms with E-state index in [0.29, 0.717) is 16.8 Å². The van der Waals surface area contributed by atoms with Gasteiger partial charge in [-0.1, -0.05) is 67.3 Å². The smallest absolute Gasteiger partial charge is 0.243 e. The van der Waals surface area contributed by atoms with Crippen molar-refractivity contribution in [2.45, 2.75) is 35.9 Å². The van der Waals surface area contributed by atoms with Gasteiger partial charge in [-0.2, -0.15) is 0 Å². The molecule has 2 rings (SSSR count). The molecule has 0 aliphatic carbocycles. The fourth-order valence-corrected chi connectivity index (χ4v) is 4.02. The number of rotatable bonds is 7. The van der Waals surface area contributed by atoms with Crippen LogP contribution in [-0.4, -0.2) is 46.4 Å². The van der Waals surface area contributed by atoms with E-state index in [1.807, 2.05) is 49.3 Å². The Morgan fingerprint density at radius 3 is 2.57 bits per heavy atom. The van der Waals surface area contributed by atoms with Crippen LogP contribution in [0.1, 0.15) is 19.4 Å². The van der Waals surface area contributed by atoms with Gasteiger partial charge >= 0.3 is 0 Å². The molecule has 124 valence electrons. The van der Waals surface area contributed by atoms with Crippen LogP contribution >= 0.6 is 23.1 Å². The highest BCUT2D eigenvalue weighted by Gasteiger charge is 2.22. The van der Waals surface area contributed by atoms with Crippen molar-refractivity contribution in [1.82, 2.24) is 15.1 Å². The third kappa shape index (κ3) is 5.60. The lowest BCUT2D eigenvalue weighted by molar-refractivity contribution is -0.120. The van der Waals surface area contributed by atoms with Crippen LogP contribution in [-0.2, 0) is 11.2 Å². The number of amides is 1. The molecule has 0 radical (unpaired) electrons. The Morgan fingerprint density at radius 1 is 1.26 bits per heavy atom. The molecule has 0 saturated carbocycles. The van der Waals surface area contributed by atoms with E-state index >= 15 is 0 Å². The molecule has 0 bridgehead atoms. The Labute approximate surface area is 145 Å². The quantitative estimate of drug-likeness (QED) is 0.614. The highest BCUT2D eigenvalue weighted by atomic mass is 32.2. The summed E-state index contributed by atoms with van der Waals surface area (Å²) in [5, 5.41) is 12.0. The van der Waals surface area contributed by atoms with Crippen LogP contribution in [0.15, 0.2) is 34.7 Å². The number of nitrogens with zero attached hydrogens (tertiary/aromatic N) is 3. The molecule has 1 heterocycles. The third-order valence-electron chi connectivity index (χ3n) is 3.17. The number of aromatic nitrogens is 2. The van der Waals surface area contributed by atoms with Gasteiger partial charge in [0.05, 0.1) is 6.04 Å². The van der Waals surface area contributed by atoms with E-state index in [0.717, 1.165) is 9.90 Å². The lowest BCUT2D eigenvalue weighted by atomic mass is 10.0. The Balaban J connectivity index is 2.02. The van der Waals surface area contributed by atoms with Crippen LogP contribution in [0.25, 0.3) is 0 Å². The number of nitrogens with one attached hydrogen (secondary N) is 1. The standard InChI is InChI=1S/C16H22N4OS2/c1-11(2)22-16-19-18-15(23-16)17-14(21)13(20(3)4)10-12-8-6-5-7-9-12/h5-9,11,13H,10H2,1-4H3,(H,17,18,21)/t13-/m0/s1. The largest absolute Gasteiger partial charge is 0.299 e. The number of carbonyl (C=O) groups is 1. The van der Waals surface area contributed by atoms with Gasteiger partial charge in [0.25, 0.3) is 0 Å². The number of thioether (sulfide) groups is 1. The van der Waals surface area contributed by atoms with Gasteiger partial charge in [0, 0.05) is 5.25 Å². The van der Waals surface area contributed by atoms with Crippen molar-refractivity contribution in [2.24, 2.45) is 0 Å². The first-order valence-corrected chi connectivity index (χ1v) is 9.16. The summed E-state index contributed by atoms with van der Waals surface area (Å²) in [6, 6.07) is 9.77. The summed E-state index contributed by atoms with van der Waals surface area (Å²) in [6.07, 6.45) is 0.659. The summed E-state index contributed by atoms with van der Waals surface area (Å²) in [5.41, 5.74) is 1.13. The molecule has 5 nitrogen and oxygen atoms in total. The number of hydrogen-bond donors (Lipinski definition) is 1. The van der Waals surface area contributed by atoms with E-state index in [4.69, 9.17) is 0 Å². The highest BCUT2D eigenvalue weighted by Crippen LogP contribution is 2.28. The molecule has 0 aliphatic heterocycles. The molecule has 0 fully saturated rings. The van der Waals surface area contributed by atoms with Crippen LogP contribution in [0.4, 0.5) is 5.13 Å². The van der Waals surface area contributed by atoms with Gasteiger partial charge in [0.2, 0.25) is 11.0 Å². The van der Waals surface area contributed by atoms with Crippen molar-refractivity contribution in [2.75, 3.05) is 19.4 Å². The van der Waals surface area contributed by atoms with Crippen LogP contribution in [0.5, 0.6) is 0 Å². The van der Waals surface area contributed by atoms with E-state index in [9.17, 15) is 4.79 Å². The van der Waals surface area contributed by atoms with Crippen molar-refractivity contribution in [3.05, 3.63) is 35.9 Å². The van der Waals surface area contributed by atoms with E-state index in [2.05, 4.69) is 29.4 Å². The third-order valence-corrected chi connectivity index (χ3v) is 5.10. The SMILES string of the molecule is CC(C)Sc1nnc(NC(=O)[C@H](Cc2ccccc2)N(C)C)s1. The molecule has 7 heteroatoms. The molecular weight excluding hydrogens is 328 g/mol. The Kier molecular flexibility index (Phi) is 6.56. The minimum atomic E-state index is -0.248. The molecule has 0 saturated heterocycles. The van der Waals surface area contributed by atoms with E-state index in [1.165, 1.54) is 11.3 Å². The number of carbonyl (C=O) groups excluding carboxylic acids is 1. The maximum Gasteiger partial charge on any atom is 0.243 e. The van der Waals surface area contributed by atoms with Crippen molar-refractivity contribution in [3.8, 4) is 0 Å². The lowest BCUT2D eigenvalue weighted by Gasteiger charge is -2.22. The Morgan fingerprint density at radius 2 is 1.96 bits per heavy atom. The molecule has 23 heavy (non-hydrogen) atoms. The molecule has 1 aromatic carbocycles. The molecule has 1 aromatic heterocycles. The van der Waals surface area contributed by atoms with Gasteiger partial charge in [-0.05, 0) is 26.1 Å². The number of hydrogen-bond acceptors (Lipinski definition) is 6. The van der Waals surface area contributed by atoms with Crippen molar-refractivity contribution >= 4 is 34.1 Å². The minimum Gasteiger partial charge on any atom is -0.299 e. The zero-order valence-electron chi connectivity index (χ0n) is 13.8. The van der Waals surface area contributed by atoms with Crippen LogP contribution < -0.4 is 5.32 Å². The monoisotopic (exact) mass is 350 g/mol. The van der Waals surface area contributed by atoms with Gasteiger partial charge in [-0.25, -0.2) is 0 Å². The first kappa shape index (κ1) is 17.9. The zero-order chi connectivity index (χ0) is 16.8. The average molecular weight is 351 g/mol. The Bertz CT molecular complexity index is 628. The maximum atomic E-state index is 12.6. The van der Waals surface area contributed by atoms with Crippen molar-refractivity contribution < 1.29 is 4.79 Å². The first-order valence-electron chi connectivity index (χ1n) is 7.47. The number of anilines is 1. The summed E-state index contributed by atoms with van der Waals surface area (Å²) in [7, 11) is 3.82. The van der Waals surface area contributed by atoms with Gasteiger partial charge in [-0.15, -0.1) is 10.2 Å². The van der Waals surface area contributed by atoms with Crippen LogP contribution in [0, 0.1) is 0 Å². The summed E-state index contributed by atoms with van der Waals surface area (Å²) in [4.78, 5) is 14.5. The Hall–Kier alpha value is -1.44. The summed E-state index contributed by atoms with van der Waals surface area (Å²) in [5.74, 6) is -0.0592. The fourth-order valence-electron chi connectivity index (χ4n) is 2.05. The predicted octanol–water partition coefficient (Wildman–Crippen LogP) is 3.15. The number of benzene rings is 1. The van der Waals surface area contributed by atoms with Gasteiger partial charge < -0.3 is 0 Å². The van der Waals surface area contributed by atoms with E-state index < -0.39 is 0 Å². The molecule has 0 unspecified atom stereocenters. The molecule has 0 aliphatic rings. The second-order valence-electron chi connectivity index (χ2n) is 5.70. The summed E-state index contributed by atoms with van der Waals surface area (Å²) < 4.78 is 0.875. The van der Waals surface area contributed by atoms with Gasteiger partial charge in [0.1, 0.15) is 0 Å². The molecule has 1 amide bonds. The predicted molar refractivity (Wildman–Crippen MR) is 97.2 cm³/mol. The topological polar surface area (TPSA) is 58.1 Å². The summed E-state index contributed by atoms with van der Waals surface area (Å²) in [6.45, 7) is 4.21. The van der Waals surface area contributed by atoms with Crippen LogP contribution in [0.3, 0.4) is 0 Å². The highest BCUT2D eigenvalue weighted by molar-refractivity contribution is 8.01. The zero-order valence-corrected chi connectivity index (χ0v) is 15.4. The lowest BCUT2D eigenvalue weighted by Crippen LogP contribution is -2.41. The normalized spacial score (nSPS) is 12.6.